The zero-order valence-electron chi connectivity index (χ0n) is 10.7. The fourth-order valence-electron chi connectivity index (χ4n) is 2.76. The molecule has 0 amide bonds. The molecule has 1 aliphatic carbocycles. The molecule has 3 unspecified atom stereocenters. The van der Waals surface area contributed by atoms with E-state index in [9.17, 15) is 10.2 Å². The molecule has 1 fully saturated rings. The van der Waals surface area contributed by atoms with Gasteiger partial charge in [-0.05, 0) is 18.6 Å². The Morgan fingerprint density at radius 2 is 2.17 bits per heavy atom. The van der Waals surface area contributed by atoms with Crippen molar-refractivity contribution < 1.29 is 14.9 Å². The average Bonchev–Trinajstić information content (AvgIpc) is 2.71. The SMILES string of the molecule is CC1(C)C(O)CC1NC1COc2cc(O)ccc21. The monoisotopic (exact) mass is 249 g/mol. The van der Waals surface area contributed by atoms with Crippen LogP contribution in [0.4, 0.5) is 0 Å². The zero-order chi connectivity index (χ0) is 12.9. The van der Waals surface area contributed by atoms with Gasteiger partial charge in [0.1, 0.15) is 18.1 Å². The van der Waals surface area contributed by atoms with Gasteiger partial charge >= 0.3 is 0 Å². The molecule has 18 heavy (non-hydrogen) atoms. The maximum absolute atomic E-state index is 9.75. The second kappa shape index (κ2) is 3.87. The van der Waals surface area contributed by atoms with Crippen molar-refractivity contribution >= 4 is 0 Å². The highest BCUT2D eigenvalue weighted by atomic mass is 16.5. The summed E-state index contributed by atoms with van der Waals surface area (Å²) in [4.78, 5) is 0. The van der Waals surface area contributed by atoms with E-state index >= 15 is 0 Å². The molecule has 3 N–H and O–H groups in total. The number of aliphatic hydroxyl groups is 1. The number of rotatable bonds is 2. The maximum atomic E-state index is 9.75. The fourth-order valence-corrected chi connectivity index (χ4v) is 2.76. The lowest BCUT2D eigenvalue weighted by Gasteiger charge is -2.50. The Labute approximate surface area is 107 Å². The van der Waals surface area contributed by atoms with Crippen molar-refractivity contribution in [2.24, 2.45) is 5.41 Å². The largest absolute Gasteiger partial charge is 0.508 e. The van der Waals surface area contributed by atoms with Gasteiger partial charge in [0, 0.05) is 23.1 Å². The van der Waals surface area contributed by atoms with Gasteiger partial charge in [0.25, 0.3) is 0 Å². The van der Waals surface area contributed by atoms with Crippen molar-refractivity contribution in [3.63, 3.8) is 0 Å². The van der Waals surface area contributed by atoms with Crippen molar-refractivity contribution in [3.05, 3.63) is 23.8 Å². The minimum Gasteiger partial charge on any atom is -0.508 e. The first kappa shape index (κ1) is 11.8. The summed E-state index contributed by atoms with van der Waals surface area (Å²) in [7, 11) is 0. The Morgan fingerprint density at radius 3 is 2.83 bits per heavy atom. The Hall–Kier alpha value is -1.26. The number of benzene rings is 1. The lowest BCUT2D eigenvalue weighted by atomic mass is 9.64. The van der Waals surface area contributed by atoms with Gasteiger partial charge in [-0.2, -0.15) is 0 Å². The molecule has 1 saturated carbocycles. The molecule has 0 radical (unpaired) electrons. The van der Waals surface area contributed by atoms with Gasteiger partial charge in [-0.1, -0.05) is 13.8 Å². The molecule has 3 rings (SSSR count). The molecule has 1 heterocycles. The van der Waals surface area contributed by atoms with E-state index in [-0.39, 0.29) is 23.3 Å². The van der Waals surface area contributed by atoms with Crippen molar-refractivity contribution in [2.45, 2.75) is 38.5 Å². The Balaban J connectivity index is 1.74. The van der Waals surface area contributed by atoms with Crippen LogP contribution >= 0.6 is 0 Å². The van der Waals surface area contributed by atoms with E-state index in [0.29, 0.717) is 12.6 Å². The zero-order valence-corrected chi connectivity index (χ0v) is 10.7. The third kappa shape index (κ3) is 1.68. The topological polar surface area (TPSA) is 61.7 Å². The standard InChI is InChI=1S/C14H19NO3/c1-14(2)12(6-13(14)17)15-10-7-18-11-5-8(16)3-4-9(10)11/h3-5,10,12-13,15-17H,6-7H2,1-2H3. The van der Waals surface area contributed by atoms with Crippen LogP contribution in [0.15, 0.2) is 18.2 Å². The molecule has 0 spiro atoms. The first-order valence-corrected chi connectivity index (χ1v) is 6.38. The summed E-state index contributed by atoms with van der Waals surface area (Å²) in [6, 6.07) is 5.69. The second-order valence-electron chi connectivity index (χ2n) is 5.88. The van der Waals surface area contributed by atoms with E-state index in [1.165, 1.54) is 0 Å². The molecule has 98 valence electrons. The molecular weight excluding hydrogens is 230 g/mol. The summed E-state index contributed by atoms with van der Waals surface area (Å²) in [6.45, 7) is 4.74. The Morgan fingerprint density at radius 1 is 1.39 bits per heavy atom. The third-order valence-corrected chi connectivity index (χ3v) is 4.40. The second-order valence-corrected chi connectivity index (χ2v) is 5.88. The van der Waals surface area contributed by atoms with E-state index in [1.54, 1.807) is 12.1 Å². The van der Waals surface area contributed by atoms with Crippen LogP contribution in [0.2, 0.25) is 0 Å². The quantitative estimate of drug-likeness (QED) is 0.744. The molecule has 0 aromatic heterocycles. The summed E-state index contributed by atoms with van der Waals surface area (Å²) >= 11 is 0. The Bertz CT molecular complexity index is 472. The van der Waals surface area contributed by atoms with Gasteiger partial charge in [0.15, 0.2) is 0 Å². The highest BCUT2D eigenvalue weighted by Crippen LogP contribution is 2.43. The van der Waals surface area contributed by atoms with Crippen LogP contribution in [0, 0.1) is 5.41 Å². The molecule has 0 saturated heterocycles. The van der Waals surface area contributed by atoms with E-state index < -0.39 is 0 Å². The van der Waals surface area contributed by atoms with Crippen LogP contribution in [-0.2, 0) is 0 Å². The first-order valence-electron chi connectivity index (χ1n) is 6.38. The predicted molar refractivity (Wildman–Crippen MR) is 67.7 cm³/mol. The first-order chi connectivity index (χ1) is 8.48. The van der Waals surface area contributed by atoms with Gasteiger partial charge in [-0.15, -0.1) is 0 Å². The molecule has 1 aromatic carbocycles. The van der Waals surface area contributed by atoms with Crippen LogP contribution in [0.25, 0.3) is 0 Å². The fraction of sp³-hybridized carbons (Fsp3) is 0.571. The van der Waals surface area contributed by atoms with Crippen LogP contribution in [0.1, 0.15) is 31.9 Å². The number of aromatic hydroxyl groups is 1. The van der Waals surface area contributed by atoms with Gasteiger partial charge in [-0.3, -0.25) is 0 Å². The van der Waals surface area contributed by atoms with Crippen LogP contribution in [0.3, 0.4) is 0 Å². The van der Waals surface area contributed by atoms with Crippen LogP contribution < -0.4 is 10.1 Å². The smallest absolute Gasteiger partial charge is 0.127 e. The molecule has 1 aromatic rings. The molecule has 0 bridgehead atoms. The molecule has 2 aliphatic rings. The van der Waals surface area contributed by atoms with Gasteiger partial charge in [0.2, 0.25) is 0 Å². The van der Waals surface area contributed by atoms with Crippen LogP contribution in [0.5, 0.6) is 11.5 Å². The number of hydrogen-bond acceptors (Lipinski definition) is 4. The van der Waals surface area contributed by atoms with Gasteiger partial charge in [-0.25, -0.2) is 0 Å². The van der Waals surface area contributed by atoms with Gasteiger partial charge in [0.05, 0.1) is 12.1 Å². The lowest BCUT2D eigenvalue weighted by molar-refractivity contribution is -0.0765. The van der Waals surface area contributed by atoms with Crippen LogP contribution in [-0.4, -0.2) is 29.0 Å². The van der Waals surface area contributed by atoms with Crippen molar-refractivity contribution in [1.29, 1.82) is 0 Å². The number of fused-ring (bicyclic) bond motifs is 1. The highest BCUT2D eigenvalue weighted by molar-refractivity contribution is 5.44. The summed E-state index contributed by atoms with van der Waals surface area (Å²) in [6.07, 6.45) is 0.563. The molecule has 4 nitrogen and oxygen atoms in total. The minimum absolute atomic E-state index is 0.0837. The molecule has 3 atom stereocenters. The summed E-state index contributed by atoms with van der Waals surface area (Å²) in [5.41, 5.74) is 1.00. The predicted octanol–water partition coefficient (Wildman–Crippen LogP) is 1.57. The number of hydrogen-bond donors (Lipinski definition) is 3. The van der Waals surface area contributed by atoms with E-state index in [1.807, 2.05) is 6.07 Å². The van der Waals surface area contributed by atoms with E-state index in [4.69, 9.17) is 4.74 Å². The lowest BCUT2D eigenvalue weighted by Crippen LogP contribution is -2.60. The molecule has 4 heteroatoms. The summed E-state index contributed by atoms with van der Waals surface area (Å²) in [5.74, 6) is 0.985. The van der Waals surface area contributed by atoms with E-state index in [0.717, 1.165) is 17.7 Å². The number of nitrogens with one attached hydrogen (secondary N) is 1. The van der Waals surface area contributed by atoms with Gasteiger partial charge < -0.3 is 20.3 Å². The summed E-state index contributed by atoms with van der Waals surface area (Å²) in [5, 5.41) is 22.7. The maximum Gasteiger partial charge on any atom is 0.127 e. The number of phenolic OH excluding ortho intramolecular Hbond substituents is 1. The third-order valence-electron chi connectivity index (χ3n) is 4.40. The van der Waals surface area contributed by atoms with E-state index in [2.05, 4.69) is 19.2 Å². The highest BCUT2D eigenvalue weighted by Gasteiger charge is 2.48. The minimum atomic E-state index is -0.225. The van der Waals surface area contributed by atoms with Crippen molar-refractivity contribution in [3.8, 4) is 11.5 Å². The normalized spacial score (nSPS) is 32.5. The number of aliphatic hydroxyl groups excluding tert-OH is 1. The molecular formula is C14H19NO3. The van der Waals surface area contributed by atoms with Crippen molar-refractivity contribution in [2.75, 3.05) is 6.61 Å². The number of ether oxygens (including phenoxy) is 1. The molecule has 1 aliphatic heterocycles. The van der Waals surface area contributed by atoms with Crippen molar-refractivity contribution in [1.82, 2.24) is 5.32 Å². The Kier molecular flexibility index (Phi) is 2.54. The number of phenols is 1. The average molecular weight is 249 g/mol. The summed E-state index contributed by atoms with van der Waals surface area (Å²) < 4.78 is 5.57.